The molecular formula is C13H11Br2NO4S2. The summed E-state index contributed by atoms with van der Waals surface area (Å²) < 4.78 is 51.6. The van der Waals surface area contributed by atoms with Gasteiger partial charge < -0.3 is 0 Å². The Balaban J connectivity index is 2.43. The average molecular weight is 469 g/mol. The van der Waals surface area contributed by atoms with E-state index in [1.54, 1.807) is 29.3 Å². The van der Waals surface area contributed by atoms with Gasteiger partial charge in [0.25, 0.3) is 20.0 Å². The average Bonchev–Trinajstić information content (AvgIpc) is 2.40. The van der Waals surface area contributed by atoms with Gasteiger partial charge in [0.2, 0.25) is 0 Å². The fourth-order valence-electron chi connectivity index (χ4n) is 1.64. The van der Waals surface area contributed by atoms with Crippen molar-refractivity contribution >= 4 is 51.9 Å². The molecule has 0 aromatic heterocycles. The summed E-state index contributed by atoms with van der Waals surface area (Å²) in [5.74, 6) is 0. The Morgan fingerprint density at radius 2 is 1.45 bits per heavy atom. The number of nitrogens with one attached hydrogen (secondary N) is 1. The summed E-state index contributed by atoms with van der Waals surface area (Å²) in [5.41, 5.74) is 0.872. The fourth-order valence-corrected chi connectivity index (χ4v) is 6.04. The molecule has 0 unspecified atom stereocenters. The van der Waals surface area contributed by atoms with Gasteiger partial charge in [0.1, 0.15) is 0 Å². The van der Waals surface area contributed by atoms with Crippen molar-refractivity contribution in [1.29, 1.82) is 0 Å². The zero-order chi connectivity index (χ0) is 16.5. The Kier molecular flexibility index (Phi) is 5.13. The van der Waals surface area contributed by atoms with Crippen LogP contribution in [0.4, 0.5) is 0 Å². The molecule has 0 radical (unpaired) electrons. The van der Waals surface area contributed by atoms with Gasteiger partial charge in [-0.15, -0.1) is 4.13 Å². The van der Waals surface area contributed by atoms with Gasteiger partial charge in [-0.1, -0.05) is 33.6 Å². The number of rotatable bonds is 4. The molecule has 0 aliphatic carbocycles. The zero-order valence-corrected chi connectivity index (χ0v) is 16.1. The first-order valence-corrected chi connectivity index (χ1v) is 10.5. The van der Waals surface area contributed by atoms with Crippen LogP contribution in [0.2, 0.25) is 0 Å². The number of aryl methyl sites for hydroxylation is 1. The van der Waals surface area contributed by atoms with Gasteiger partial charge in [-0.05, 0) is 53.2 Å². The lowest BCUT2D eigenvalue weighted by Gasteiger charge is -2.10. The fraction of sp³-hybridized carbons (Fsp3) is 0.0769. The molecule has 2 aromatic rings. The summed E-state index contributed by atoms with van der Waals surface area (Å²) in [5, 5.41) is 0. The van der Waals surface area contributed by atoms with E-state index in [2.05, 4.69) is 31.9 Å². The Bertz CT molecular complexity index is 908. The molecule has 0 amide bonds. The second-order valence-electron chi connectivity index (χ2n) is 4.48. The second kappa shape index (κ2) is 6.40. The van der Waals surface area contributed by atoms with E-state index in [0.29, 0.717) is 4.47 Å². The third kappa shape index (κ3) is 3.96. The molecule has 0 heterocycles. The molecule has 22 heavy (non-hydrogen) atoms. The Hall–Kier alpha value is -0.740. The van der Waals surface area contributed by atoms with Gasteiger partial charge in [-0.2, -0.15) is 0 Å². The highest BCUT2D eigenvalue weighted by Gasteiger charge is 2.26. The van der Waals surface area contributed by atoms with E-state index in [0.717, 1.165) is 5.56 Å². The largest absolute Gasteiger partial charge is 0.254 e. The lowest BCUT2D eigenvalue weighted by molar-refractivity contribution is 0.576. The Morgan fingerprint density at radius 1 is 0.864 bits per heavy atom. The van der Waals surface area contributed by atoms with E-state index in [-0.39, 0.29) is 14.3 Å². The zero-order valence-electron chi connectivity index (χ0n) is 11.2. The maximum absolute atomic E-state index is 12.3. The molecule has 0 aliphatic heterocycles. The molecule has 2 aromatic carbocycles. The van der Waals surface area contributed by atoms with Crippen LogP contribution in [0.3, 0.4) is 0 Å². The number of hydrogen-bond donors (Lipinski definition) is 1. The topological polar surface area (TPSA) is 80.3 Å². The van der Waals surface area contributed by atoms with Crippen LogP contribution >= 0.6 is 31.9 Å². The summed E-state index contributed by atoms with van der Waals surface area (Å²) in [6.45, 7) is 1.80. The normalized spacial score (nSPS) is 12.3. The van der Waals surface area contributed by atoms with Gasteiger partial charge >= 0.3 is 0 Å². The molecule has 0 fully saturated rings. The SMILES string of the molecule is Cc1ccc(S(=O)(=O)NS(=O)(=O)c2cc(Br)ccc2Br)cc1. The molecule has 5 nitrogen and oxygen atoms in total. The molecule has 0 spiro atoms. The van der Waals surface area contributed by atoms with Gasteiger partial charge in [0.15, 0.2) is 0 Å². The van der Waals surface area contributed by atoms with Crippen molar-refractivity contribution in [3.63, 3.8) is 0 Å². The van der Waals surface area contributed by atoms with E-state index in [4.69, 9.17) is 0 Å². The van der Waals surface area contributed by atoms with E-state index in [1.165, 1.54) is 24.3 Å². The first kappa shape index (κ1) is 17.6. The minimum atomic E-state index is -4.24. The molecule has 0 aliphatic rings. The lowest BCUT2D eigenvalue weighted by Crippen LogP contribution is -2.31. The summed E-state index contributed by atoms with van der Waals surface area (Å²) in [7, 11) is -8.43. The molecule has 1 N–H and O–H groups in total. The van der Waals surface area contributed by atoms with Crippen molar-refractivity contribution in [2.24, 2.45) is 0 Å². The van der Waals surface area contributed by atoms with E-state index in [9.17, 15) is 16.8 Å². The minimum absolute atomic E-state index is 0.118. The second-order valence-corrected chi connectivity index (χ2v) is 9.84. The Morgan fingerprint density at radius 3 is 2.05 bits per heavy atom. The molecule has 9 heteroatoms. The van der Waals surface area contributed by atoms with E-state index < -0.39 is 20.0 Å². The van der Waals surface area contributed by atoms with Gasteiger partial charge in [0.05, 0.1) is 9.79 Å². The van der Waals surface area contributed by atoms with Gasteiger partial charge in [0, 0.05) is 8.95 Å². The molecule has 0 bridgehead atoms. The molecule has 0 atom stereocenters. The highest BCUT2D eigenvalue weighted by atomic mass is 79.9. The van der Waals surface area contributed by atoms with E-state index >= 15 is 0 Å². The molecular weight excluding hydrogens is 458 g/mol. The van der Waals surface area contributed by atoms with Crippen molar-refractivity contribution in [2.75, 3.05) is 0 Å². The van der Waals surface area contributed by atoms with Crippen molar-refractivity contribution in [3.05, 3.63) is 57.0 Å². The van der Waals surface area contributed by atoms with Crippen LogP contribution in [0.5, 0.6) is 0 Å². The van der Waals surface area contributed by atoms with Crippen LogP contribution in [0.25, 0.3) is 0 Å². The Labute approximate surface area is 146 Å². The summed E-state index contributed by atoms with van der Waals surface area (Å²) in [4.78, 5) is -0.287. The first-order chi connectivity index (χ1) is 10.1. The number of benzene rings is 2. The summed E-state index contributed by atoms with van der Waals surface area (Å²) in [6.07, 6.45) is 0. The molecule has 0 saturated carbocycles. The third-order valence-corrected chi connectivity index (χ3v) is 7.75. The highest BCUT2D eigenvalue weighted by Crippen LogP contribution is 2.26. The van der Waals surface area contributed by atoms with Crippen molar-refractivity contribution in [1.82, 2.24) is 4.13 Å². The number of halogens is 2. The molecule has 0 saturated heterocycles. The molecule has 2 rings (SSSR count). The van der Waals surface area contributed by atoms with Crippen LogP contribution in [-0.2, 0) is 20.0 Å². The van der Waals surface area contributed by atoms with Crippen molar-refractivity contribution in [3.8, 4) is 0 Å². The van der Waals surface area contributed by atoms with Crippen LogP contribution < -0.4 is 4.13 Å². The predicted molar refractivity (Wildman–Crippen MR) is 90.5 cm³/mol. The maximum Gasteiger partial charge on any atom is 0.254 e. The number of sulfonamides is 2. The van der Waals surface area contributed by atoms with Crippen LogP contribution in [-0.4, -0.2) is 16.8 Å². The standard InChI is InChI=1S/C13H11Br2NO4S2/c1-9-2-5-11(6-3-9)21(17,18)16-22(19,20)13-8-10(14)4-7-12(13)15/h2-8,16H,1H3. The van der Waals surface area contributed by atoms with Crippen molar-refractivity contribution in [2.45, 2.75) is 16.7 Å². The van der Waals surface area contributed by atoms with Gasteiger partial charge in [-0.25, -0.2) is 16.8 Å². The lowest BCUT2D eigenvalue weighted by atomic mass is 10.2. The first-order valence-electron chi connectivity index (χ1n) is 5.92. The quantitative estimate of drug-likeness (QED) is 0.747. The minimum Gasteiger partial charge on any atom is -0.206 e. The van der Waals surface area contributed by atoms with E-state index in [1.807, 2.05) is 0 Å². The van der Waals surface area contributed by atoms with Crippen molar-refractivity contribution < 1.29 is 16.8 Å². The third-order valence-electron chi connectivity index (χ3n) is 2.73. The monoisotopic (exact) mass is 467 g/mol. The number of hydrogen-bond acceptors (Lipinski definition) is 4. The highest BCUT2D eigenvalue weighted by molar-refractivity contribution is 9.11. The van der Waals surface area contributed by atoms with Crippen LogP contribution in [0.1, 0.15) is 5.56 Å². The van der Waals surface area contributed by atoms with Crippen LogP contribution in [0, 0.1) is 6.92 Å². The maximum atomic E-state index is 12.3. The van der Waals surface area contributed by atoms with Crippen LogP contribution in [0.15, 0.2) is 61.2 Å². The predicted octanol–water partition coefficient (Wildman–Crippen LogP) is 3.19. The summed E-state index contributed by atoms with van der Waals surface area (Å²) >= 11 is 6.26. The smallest absolute Gasteiger partial charge is 0.206 e. The molecule has 118 valence electrons. The van der Waals surface area contributed by atoms with Gasteiger partial charge in [-0.3, -0.25) is 0 Å². The summed E-state index contributed by atoms with van der Waals surface area (Å²) in [6, 6.07) is 10.4.